The molecule has 1 atom stereocenters. The van der Waals surface area contributed by atoms with E-state index in [0.29, 0.717) is 0 Å². The van der Waals surface area contributed by atoms with Crippen LogP contribution >= 0.6 is 22.6 Å². The quantitative estimate of drug-likeness (QED) is 0.322. The van der Waals surface area contributed by atoms with Gasteiger partial charge in [-0.15, -0.1) is 0 Å². The molecule has 0 N–H and O–H groups in total. The molecule has 3 nitrogen and oxygen atoms in total. The first kappa shape index (κ1) is 11.8. The number of alkyl halides is 1. The van der Waals surface area contributed by atoms with Crippen molar-refractivity contribution in [2.24, 2.45) is 0 Å². The smallest absolute Gasteiger partial charge is 0.438 e. The highest BCUT2D eigenvalue weighted by Gasteiger charge is 2.30. The normalized spacial score (nSPS) is 27.6. The number of hydrogen-bond acceptors (Lipinski definition) is 3. The molecule has 0 saturated heterocycles. The highest BCUT2D eigenvalue weighted by atomic mass is 127. The fraction of sp³-hybridized carbons (Fsp3) is 0.700. The fourth-order valence-electron chi connectivity index (χ4n) is 1.44. The maximum Gasteiger partial charge on any atom is 0.509 e. The third-order valence-electron chi connectivity index (χ3n) is 2.20. The lowest BCUT2D eigenvalue weighted by Crippen LogP contribution is -2.28. The molecule has 0 aliphatic heterocycles. The molecule has 0 aromatic carbocycles. The van der Waals surface area contributed by atoms with Crippen molar-refractivity contribution in [3.05, 3.63) is 12.2 Å². The molecule has 0 heterocycles. The Hall–Kier alpha value is -0.260. The second kappa shape index (κ2) is 5.58. The molecule has 0 saturated carbocycles. The summed E-state index contributed by atoms with van der Waals surface area (Å²) in [5, 5.41) is 0. The minimum atomic E-state index is -0.580. The fourth-order valence-corrected chi connectivity index (χ4v) is 2.31. The maximum atomic E-state index is 11.0. The molecule has 1 rings (SSSR count). The van der Waals surface area contributed by atoms with Crippen LogP contribution in [-0.2, 0) is 9.47 Å². The predicted molar refractivity (Wildman–Crippen MR) is 62.5 cm³/mol. The molecule has 0 aromatic rings. The molecule has 14 heavy (non-hydrogen) atoms. The zero-order valence-electron chi connectivity index (χ0n) is 8.29. The molecule has 4 heteroatoms. The van der Waals surface area contributed by atoms with Gasteiger partial charge in [-0.3, -0.25) is 0 Å². The van der Waals surface area contributed by atoms with E-state index in [2.05, 4.69) is 39.5 Å². The summed E-state index contributed by atoms with van der Waals surface area (Å²) in [7, 11) is 1.34. The third kappa shape index (κ3) is 3.86. The van der Waals surface area contributed by atoms with Crippen LogP contribution in [0.1, 0.15) is 32.1 Å². The van der Waals surface area contributed by atoms with Crippen molar-refractivity contribution in [1.82, 2.24) is 0 Å². The van der Waals surface area contributed by atoms with Gasteiger partial charge in [0, 0.05) is 6.42 Å². The number of allylic oxidation sites excluding steroid dienone is 2. The zero-order valence-corrected chi connectivity index (χ0v) is 10.5. The number of methoxy groups -OCH3 is 1. The summed E-state index contributed by atoms with van der Waals surface area (Å²) >= 11 is 2.21. The molecule has 80 valence electrons. The van der Waals surface area contributed by atoms with Crippen LogP contribution < -0.4 is 0 Å². The second-order valence-corrected chi connectivity index (χ2v) is 5.31. The van der Waals surface area contributed by atoms with Crippen LogP contribution in [0.25, 0.3) is 0 Å². The number of rotatable bonds is 1. The molecular weight excluding hydrogens is 295 g/mol. The Kier molecular flexibility index (Phi) is 4.71. The van der Waals surface area contributed by atoms with Crippen molar-refractivity contribution < 1.29 is 14.3 Å². The minimum Gasteiger partial charge on any atom is -0.438 e. The summed E-state index contributed by atoms with van der Waals surface area (Å²) in [6, 6.07) is 0. The topological polar surface area (TPSA) is 35.5 Å². The van der Waals surface area contributed by atoms with Crippen molar-refractivity contribution >= 4 is 28.7 Å². The summed E-state index contributed by atoms with van der Waals surface area (Å²) in [6.07, 6.45) is 8.59. The first-order valence-corrected chi connectivity index (χ1v) is 5.85. The van der Waals surface area contributed by atoms with Gasteiger partial charge >= 0.3 is 6.16 Å². The molecule has 0 fully saturated rings. The van der Waals surface area contributed by atoms with Crippen molar-refractivity contribution in [1.29, 1.82) is 0 Å². The minimum absolute atomic E-state index is 0.379. The number of carbonyl (C=O) groups is 1. The van der Waals surface area contributed by atoms with Gasteiger partial charge in [0.15, 0.2) is 3.61 Å². The summed E-state index contributed by atoms with van der Waals surface area (Å²) in [6.45, 7) is 0. The van der Waals surface area contributed by atoms with Crippen LogP contribution in [0.3, 0.4) is 0 Å². The predicted octanol–water partition coefficient (Wildman–Crippen LogP) is 3.42. The van der Waals surface area contributed by atoms with Crippen LogP contribution in [0.5, 0.6) is 0 Å². The standard InChI is InChI=1S/C10H15IO3/c1-13-9(12)14-10(11)7-5-3-2-4-6-8-10/h2-3H,4-8H2,1H3. The lowest BCUT2D eigenvalue weighted by Gasteiger charge is -2.27. The van der Waals surface area contributed by atoms with Gasteiger partial charge in [-0.05, 0) is 48.3 Å². The molecule has 0 spiro atoms. The number of ether oxygens (including phenoxy) is 2. The van der Waals surface area contributed by atoms with E-state index in [4.69, 9.17) is 4.74 Å². The van der Waals surface area contributed by atoms with Crippen LogP contribution in [0.4, 0.5) is 4.79 Å². The molecular formula is C10H15IO3. The van der Waals surface area contributed by atoms with Crippen molar-refractivity contribution in [3.63, 3.8) is 0 Å². The van der Waals surface area contributed by atoms with Gasteiger partial charge in [0.25, 0.3) is 0 Å². The van der Waals surface area contributed by atoms with Gasteiger partial charge in [-0.2, -0.15) is 0 Å². The lowest BCUT2D eigenvalue weighted by molar-refractivity contribution is 0.0218. The largest absolute Gasteiger partial charge is 0.509 e. The van der Waals surface area contributed by atoms with E-state index in [1.54, 1.807) is 0 Å². The highest BCUT2D eigenvalue weighted by molar-refractivity contribution is 14.1. The van der Waals surface area contributed by atoms with Crippen LogP contribution in [-0.4, -0.2) is 16.9 Å². The maximum absolute atomic E-state index is 11.0. The van der Waals surface area contributed by atoms with Gasteiger partial charge in [0.05, 0.1) is 7.11 Å². The van der Waals surface area contributed by atoms with Crippen LogP contribution in [0.2, 0.25) is 0 Å². The molecule has 0 amide bonds. The number of halogens is 1. The lowest BCUT2D eigenvalue weighted by atomic mass is 10.0. The van der Waals surface area contributed by atoms with Crippen molar-refractivity contribution in [2.45, 2.75) is 35.7 Å². The molecule has 0 radical (unpaired) electrons. The first-order valence-electron chi connectivity index (χ1n) is 4.77. The Morgan fingerprint density at radius 2 is 2.07 bits per heavy atom. The molecule has 1 aliphatic rings. The summed E-state index contributed by atoms with van der Waals surface area (Å²) in [4.78, 5) is 11.0. The Bertz CT molecular complexity index is 227. The van der Waals surface area contributed by atoms with Gasteiger partial charge in [-0.1, -0.05) is 12.2 Å². The van der Waals surface area contributed by atoms with E-state index in [1.165, 1.54) is 7.11 Å². The Morgan fingerprint density at radius 3 is 2.79 bits per heavy atom. The summed E-state index contributed by atoms with van der Waals surface area (Å²) in [5.74, 6) is 0. The number of hydrogen-bond donors (Lipinski definition) is 0. The van der Waals surface area contributed by atoms with E-state index in [0.717, 1.165) is 32.1 Å². The first-order chi connectivity index (χ1) is 6.66. The average Bonchev–Trinajstić information content (AvgIpc) is 2.12. The average molecular weight is 310 g/mol. The second-order valence-electron chi connectivity index (χ2n) is 3.34. The van der Waals surface area contributed by atoms with E-state index in [9.17, 15) is 4.79 Å². The molecule has 1 unspecified atom stereocenters. The molecule has 0 aromatic heterocycles. The van der Waals surface area contributed by atoms with Gasteiger partial charge in [0.1, 0.15) is 0 Å². The monoisotopic (exact) mass is 310 g/mol. The van der Waals surface area contributed by atoms with Gasteiger partial charge in [-0.25, -0.2) is 4.79 Å². The van der Waals surface area contributed by atoms with E-state index >= 15 is 0 Å². The Labute approximate surface area is 98.0 Å². The van der Waals surface area contributed by atoms with Crippen molar-refractivity contribution in [2.75, 3.05) is 7.11 Å². The Balaban J connectivity index is 2.52. The van der Waals surface area contributed by atoms with Crippen LogP contribution in [0.15, 0.2) is 12.2 Å². The van der Waals surface area contributed by atoms with Crippen molar-refractivity contribution in [3.8, 4) is 0 Å². The Morgan fingerprint density at radius 1 is 1.36 bits per heavy atom. The van der Waals surface area contributed by atoms with Crippen LogP contribution in [0, 0.1) is 0 Å². The summed E-state index contributed by atoms with van der Waals surface area (Å²) in [5.41, 5.74) is 0. The highest BCUT2D eigenvalue weighted by Crippen LogP contribution is 2.34. The molecule has 0 bridgehead atoms. The van der Waals surface area contributed by atoms with E-state index < -0.39 is 6.16 Å². The van der Waals surface area contributed by atoms with Gasteiger partial charge < -0.3 is 9.47 Å². The molecule has 1 aliphatic carbocycles. The van der Waals surface area contributed by atoms with Gasteiger partial charge in [0.2, 0.25) is 0 Å². The number of carbonyl (C=O) groups excluding carboxylic acids is 1. The zero-order chi connectivity index (χ0) is 10.4. The SMILES string of the molecule is COC(=O)OC1(I)CCC=CCCC1. The third-order valence-corrected chi connectivity index (χ3v) is 3.50. The summed E-state index contributed by atoms with van der Waals surface area (Å²) < 4.78 is 9.38. The van der Waals surface area contributed by atoms with E-state index in [-0.39, 0.29) is 3.61 Å². The van der Waals surface area contributed by atoms with E-state index in [1.807, 2.05) is 0 Å².